The van der Waals surface area contributed by atoms with Crippen LogP contribution in [0.5, 0.6) is 0 Å². The number of nitrogens with one attached hydrogen (secondary N) is 2. The van der Waals surface area contributed by atoms with Crippen molar-refractivity contribution >= 4 is 41.3 Å². The van der Waals surface area contributed by atoms with E-state index in [0.29, 0.717) is 24.2 Å². The molecule has 2 N–H and O–H groups in total. The van der Waals surface area contributed by atoms with Crippen LogP contribution >= 0.6 is 35.3 Å². The van der Waals surface area contributed by atoms with E-state index in [0.717, 1.165) is 18.9 Å². The monoisotopic (exact) mass is 421 g/mol. The van der Waals surface area contributed by atoms with Gasteiger partial charge in [-0.2, -0.15) is 0 Å². The lowest BCUT2D eigenvalue weighted by molar-refractivity contribution is 0.0992. The normalized spacial score (nSPS) is 29.0. The van der Waals surface area contributed by atoms with Crippen LogP contribution in [-0.4, -0.2) is 37.8 Å². The van der Waals surface area contributed by atoms with Crippen molar-refractivity contribution < 1.29 is 4.74 Å². The smallest absolute Gasteiger partial charge is 0.191 e. The summed E-state index contributed by atoms with van der Waals surface area (Å²) in [5, 5.41) is 9.08. The molecule has 1 aromatic heterocycles. The number of fused-ring (bicyclic) bond motifs is 2. The van der Waals surface area contributed by atoms with Gasteiger partial charge in [-0.25, -0.2) is 0 Å². The summed E-state index contributed by atoms with van der Waals surface area (Å²) in [5.74, 6) is 1.40. The van der Waals surface area contributed by atoms with E-state index < -0.39 is 0 Å². The van der Waals surface area contributed by atoms with Gasteiger partial charge in [0.25, 0.3) is 0 Å². The third-order valence-electron chi connectivity index (χ3n) is 4.26. The molecule has 0 amide bonds. The Labute approximate surface area is 147 Å². The predicted molar refractivity (Wildman–Crippen MR) is 98.9 cm³/mol. The summed E-state index contributed by atoms with van der Waals surface area (Å²) in [4.78, 5) is 5.74. The van der Waals surface area contributed by atoms with Gasteiger partial charge in [-0.05, 0) is 30.7 Å². The first-order valence-corrected chi connectivity index (χ1v) is 8.30. The lowest BCUT2D eigenvalue weighted by Gasteiger charge is -2.23. The number of guanidine groups is 1. The van der Waals surface area contributed by atoms with Crippen LogP contribution in [0.25, 0.3) is 0 Å². The molecule has 4 nitrogen and oxygen atoms in total. The minimum Gasteiger partial charge on any atom is -0.373 e. The molecule has 0 spiro atoms. The molecule has 4 unspecified atom stereocenters. The number of halogens is 1. The molecule has 2 fully saturated rings. The first-order valence-electron chi connectivity index (χ1n) is 7.42. The van der Waals surface area contributed by atoms with Crippen molar-refractivity contribution in [3.05, 3.63) is 22.4 Å². The molecule has 0 radical (unpaired) electrons. The quantitative estimate of drug-likeness (QED) is 0.447. The van der Waals surface area contributed by atoms with Gasteiger partial charge in [0.15, 0.2) is 5.96 Å². The number of hydrogen-bond acceptors (Lipinski definition) is 3. The molecule has 0 aromatic carbocycles. The molecular formula is C15H24IN3OS. The van der Waals surface area contributed by atoms with Crippen LogP contribution < -0.4 is 10.6 Å². The van der Waals surface area contributed by atoms with Crippen LogP contribution in [0.2, 0.25) is 0 Å². The van der Waals surface area contributed by atoms with Gasteiger partial charge in [0.2, 0.25) is 0 Å². The third kappa shape index (κ3) is 4.10. The van der Waals surface area contributed by atoms with Crippen molar-refractivity contribution in [2.24, 2.45) is 4.99 Å². The van der Waals surface area contributed by atoms with E-state index in [1.807, 2.05) is 18.4 Å². The Bertz CT molecular complexity index is 465. The van der Waals surface area contributed by atoms with Crippen LogP contribution in [0.1, 0.15) is 37.0 Å². The predicted octanol–water partition coefficient (Wildman–Crippen LogP) is 2.95. The Morgan fingerprint density at radius 3 is 2.95 bits per heavy atom. The zero-order chi connectivity index (χ0) is 13.9. The largest absolute Gasteiger partial charge is 0.373 e. The lowest BCUT2D eigenvalue weighted by Crippen LogP contribution is -2.48. The van der Waals surface area contributed by atoms with E-state index in [1.165, 1.54) is 17.7 Å². The fraction of sp³-hybridized carbons (Fsp3) is 0.667. The van der Waals surface area contributed by atoms with E-state index in [1.54, 1.807) is 0 Å². The van der Waals surface area contributed by atoms with Crippen LogP contribution in [-0.2, 0) is 4.74 Å². The molecule has 3 heterocycles. The van der Waals surface area contributed by atoms with Crippen molar-refractivity contribution in [3.63, 3.8) is 0 Å². The molecule has 0 aliphatic carbocycles. The van der Waals surface area contributed by atoms with Crippen molar-refractivity contribution in [2.75, 3.05) is 13.6 Å². The average Bonchev–Trinajstić information content (AvgIpc) is 3.18. The highest BCUT2D eigenvalue weighted by Gasteiger charge is 2.41. The Balaban J connectivity index is 0.00000161. The molecule has 4 atom stereocenters. The maximum atomic E-state index is 5.87. The summed E-state index contributed by atoms with van der Waals surface area (Å²) in [6.07, 6.45) is 4.38. The topological polar surface area (TPSA) is 45.7 Å². The molecule has 2 aliphatic rings. The first kappa shape index (κ1) is 17.0. The van der Waals surface area contributed by atoms with Gasteiger partial charge in [0.05, 0.1) is 18.2 Å². The SMILES string of the molecule is CN=C(NCC(C)c1cccs1)NC1CC2CCC1O2.I. The summed E-state index contributed by atoms with van der Waals surface area (Å²) in [7, 11) is 1.83. The minimum atomic E-state index is 0. The highest BCUT2D eigenvalue weighted by atomic mass is 127. The summed E-state index contributed by atoms with van der Waals surface area (Å²) < 4.78 is 5.87. The Morgan fingerprint density at radius 1 is 1.52 bits per heavy atom. The number of hydrogen-bond donors (Lipinski definition) is 2. The molecule has 6 heteroatoms. The van der Waals surface area contributed by atoms with Crippen LogP contribution in [0.4, 0.5) is 0 Å². The molecule has 1 aromatic rings. The van der Waals surface area contributed by atoms with Crippen molar-refractivity contribution in [3.8, 4) is 0 Å². The van der Waals surface area contributed by atoms with Gasteiger partial charge in [0.1, 0.15) is 0 Å². The molecule has 2 aliphatic heterocycles. The molecule has 3 rings (SSSR count). The van der Waals surface area contributed by atoms with Crippen molar-refractivity contribution in [2.45, 2.75) is 50.4 Å². The minimum absolute atomic E-state index is 0. The van der Waals surface area contributed by atoms with Crippen LogP contribution in [0.15, 0.2) is 22.5 Å². The van der Waals surface area contributed by atoms with E-state index in [-0.39, 0.29) is 24.0 Å². The van der Waals surface area contributed by atoms with E-state index in [2.05, 4.69) is 40.1 Å². The van der Waals surface area contributed by atoms with Gasteiger partial charge < -0.3 is 15.4 Å². The second-order valence-corrected chi connectivity index (χ2v) is 6.71. The van der Waals surface area contributed by atoms with E-state index in [9.17, 15) is 0 Å². The summed E-state index contributed by atoms with van der Waals surface area (Å²) >= 11 is 1.81. The van der Waals surface area contributed by atoms with Crippen LogP contribution in [0.3, 0.4) is 0 Å². The number of thiophene rings is 1. The molecule has 2 saturated heterocycles. The highest BCUT2D eigenvalue weighted by Crippen LogP contribution is 2.34. The molecule has 21 heavy (non-hydrogen) atoms. The maximum Gasteiger partial charge on any atom is 0.191 e. The van der Waals surface area contributed by atoms with Gasteiger partial charge in [0, 0.05) is 24.4 Å². The number of rotatable bonds is 4. The second-order valence-electron chi connectivity index (χ2n) is 5.73. The van der Waals surface area contributed by atoms with E-state index >= 15 is 0 Å². The molecule has 118 valence electrons. The number of aliphatic imine (C=N–C) groups is 1. The summed E-state index contributed by atoms with van der Waals surface area (Å²) in [6, 6.07) is 4.73. The molecule has 2 bridgehead atoms. The fourth-order valence-corrected chi connectivity index (χ4v) is 3.87. The highest BCUT2D eigenvalue weighted by molar-refractivity contribution is 14.0. The van der Waals surface area contributed by atoms with Crippen molar-refractivity contribution in [1.29, 1.82) is 0 Å². The Kier molecular flexibility index (Phi) is 6.31. The molecular weight excluding hydrogens is 397 g/mol. The average molecular weight is 421 g/mol. The standard InChI is InChI=1S/C15H23N3OS.HI/c1-10(14-4-3-7-20-14)9-17-15(16-2)18-12-8-11-5-6-13(12)19-11;/h3-4,7,10-13H,5-6,8-9H2,1-2H3,(H2,16,17,18);1H. The number of ether oxygens (including phenoxy) is 1. The van der Waals surface area contributed by atoms with Crippen molar-refractivity contribution in [1.82, 2.24) is 10.6 Å². The lowest BCUT2D eigenvalue weighted by atomic mass is 9.96. The number of nitrogens with zero attached hydrogens (tertiary/aromatic N) is 1. The first-order chi connectivity index (χ1) is 9.76. The third-order valence-corrected chi connectivity index (χ3v) is 5.36. The Hall–Kier alpha value is -0.340. The van der Waals surface area contributed by atoms with Crippen LogP contribution in [0, 0.1) is 0 Å². The van der Waals surface area contributed by atoms with E-state index in [4.69, 9.17) is 4.74 Å². The Morgan fingerprint density at radius 2 is 2.38 bits per heavy atom. The summed E-state index contributed by atoms with van der Waals surface area (Å²) in [5.41, 5.74) is 0. The maximum absolute atomic E-state index is 5.87. The summed E-state index contributed by atoms with van der Waals surface area (Å²) in [6.45, 7) is 3.15. The van der Waals surface area contributed by atoms with Gasteiger partial charge in [-0.1, -0.05) is 13.0 Å². The van der Waals surface area contributed by atoms with Gasteiger partial charge in [-0.15, -0.1) is 35.3 Å². The zero-order valence-corrected chi connectivity index (χ0v) is 15.7. The fourth-order valence-electron chi connectivity index (χ4n) is 3.08. The second kappa shape index (κ2) is 7.78. The zero-order valence-electron chi connectivity index (χ0n) is 12.5. The van der Waals surface area contributed by atoms with Gasteiger partial charge in [-0.3, -0.25) is 4.99 Å². The van der Waals surface area contributed by atoms with Gasteiger partial charge >= 0.3 is 0 Å². The molecule has 0 saturated carbocycles.